The standard InChI is InChI=1S/C54H43BN2S/c1-30-15-19-33(20-16-30)57-45-29-47-37(38-27-40-41(28-46(38)58-47)54(5,6)24-23-53(40,3)4)26-39(45)48-35-13-9-10-14-36(35)50-49-34-12-8-7-11-32(34)18-22-44(49)56-43-21-17-31(2)25-42(43)55(57)51(48)52(50)56/h7-22,25-29H,23-24H2,1-6H3. The maximum Gasteiger partial charge on any atom is 0.333 e. The molecule has 0 atom stereocenters. The van der Waals surface area contributed by atoms with Crippen molar-refractivity contribution in [3.63, 3.8) is 0 Å². The fourth-order valence-electron chi connectivity index (χ4n) is 11.5. The molecule has 0 unspecified atom stereocenters. The van der Waals surface area contributed by atoms with Gasteiger partial charge in [-0.2, -0.15) is 0 Å². The molecule has 10 aromatic rings. The van der Waals surface area contributed by atoms with Crippen LogP contribution < -0.4 is 15.7 Å². The van der Waals surface area contributed by atoms with E-state index in [1.54, 1.807) is 0 Å². The van der Waals surface area contributed by atoms with Crippen LogP contribution in [0.2, 0.25) is 0 Å². The monoisotopic (exact) mass is 762 g/mol. The van der Waals surface area contributed by atoms with Crippen LogP contribution in [0.5, 0.6) is 0 Å². The lowest BCUT2D eigenvalue weighted by Crippen LogP contribution is -2.60. The summed E-state index contributed by atoms with van der Waals surface area (Å²) in [5, 5.41) is 10.7. The first-order chi connectivity index (χ1) is 28.1. The van der Waals surface area contributed by atoms with Gasteiger partial charge in [-0.25, -0.2) is 0 Å². The van der Waals surface area contributed by atoms with Crippen LogP contribution in [-0.4, -0.2) is 11.4 Å². The van der Waals surface area contributed by atoms with Crippen LogP contribution >= 0.6 is 11.3 Å². The first-order valence-corrected chi connectivity index (χ1v) is 21.8. The molecule has 13 rings (SSSR count). The Hall–Kier alpha value is -5.84. The van der Waals surface area contributed by atoms with Crippen LogP contribution in [0.3, 0.4) is 0 Å². The maximum atomic E-state index is 2.70. The van der Waals surface area contributed by atoms with Crippen LogP contribution in [0.25, 0.3) is 80.3 Å². The van der Waals surface area contributed by atoms with Crippen LogP contribution in [0.1, 0.15) is 62.8 Å². The third-order valence-electron chi connectivity index (χ3n) is 14.5. The zero-order valence-electron chi connectivity index (χ0n) is 33.9. The molecule has 4 heteroatoms. The van der Waals surface area contributed by atoms with Crippen molar-refractivity contribution in [1.82, 2.24) is 4.57 Å². The summed E-state index contributed by atoms with van der Waals surface area (Å²) in [5.74, 6) is 0. The lowest BCUT2D eigenvalue weighted by Gasteiger charge is -2.42. The molecule has 0 bridgehead atoms. The molecular weight excluding hydrogens is 719 g/mol. The highest BCUT2D eigenvalue weighted by molar-refractivity contribution is 7.25. The van der Waals surface area contributed by atoms with Gasteiger partial charge in [0.05, 0.1) is 11.0 Å². The number of anilines is 2. The molecule has 2 aromatic heterocycles. The molecule has 8 aromatic carbocycles. The van der Waals surface area contributed by atoms with E-state index in [9.17, 15) is 0 Å². The van der Waals surface area contributed by atoms with Crippen LogP contribution in [0.4, 0.5) is 11.4 Å². The minimum atomic E-state index is -0.0176. The van der Waals surface area contributed by atoms with E-state index in [1.165, 1.54) is 138 Å². The van der Waals surface area contributed by atoms with Gasteiger partial charge in [0.1, 0.15) is 0 Å². The molecule has 0 saturated carbocycles. The number of benzene rings is 8. The molecule has 3 aliphatic rings. The Bertz CT molecular complexity index is 3490. The first kappa shape index (κ1) is 33.2. The fourth-order valence-corrected chi connectivity index (χ4v) is 12.6. The molecule has 2 nitrogen and oxygen atoms in total. The Labute approximate surface area is 343 Å². The molecule has 0 saturated heterocycles. The molecule has 4 heterocycles. The number of nitrogens with zero attached hydrogens (tertiary/aromatic N) is 2. The Balaban J connectivity index is 1.25. The van der Waals surface area contributed by atoms with Crippen LogP contribution in [-0.2, 0) is 10.8 Å². The van der Waals surface area contributed by atoms with Gasteiger partial charge in [-0.15, -0.1) is 11.3 Å². The van der Waals surface area contributed by atoms with Gasteiger partial charge in [-0.1, -0.05) is 118 Å². The van der Waals surface area contributed by atoms with Crippen molar-refractivity contribution in [2.45, 2.75) is 65.2 Å². The molecule has 58 heavy (non-hydrogen) atoms. The van der Waals surface area contributed by atoms with E-state index >= 15 is 0 Å². The number of fused-ring (bicyclic) bond motifs is 17. The molecule has 1 aliphatic carbocycles. The Morgan fingerprint density at radius 3 is 2.03 bits per heavy atom. The first-order valence-electron chi connectivity index (χ1n) is 21.0. The number of thiophene rings is 1. The van der Waals surface area contributed by atoms with Gasteiger partial charge in [-0.3, -0.25) is 0 Å². The number of aromatic nitrogens is 1. The second-order valence-electron chi connectivity index (χ2n) is 18.9. The van der Waals surface area contributed by atoms with Gasteiger partial charge in [0.2, 0.25) is 0 Å². The van der Waals surface area contributed by atoms with Crippen LogP contribution in [0, 0.1) is 13.8 Å². The largest absolute Gasteiger partial charge is 0.376 e. The predicted octanol–water partition coefficient (Wildman–Crippen LogP) is 13.7. The molecule has 0 spiro atoms. The second-order valence-corrected chi connectivity index (χ2v) is 20.0. The van der Waals surface area contributed by atoms with Gasteiger partial charge in [0.25, 0.3) is 0 Å². The second kappa shape index (κ2) is 11.0. The van der Waals surface area contributed by atoms with E-state index in [0.717, 1.165) is 0 Å². The third-order valence-corrected chi connectivity index (χ3v) is 15.6. The van der Waals surface area contributed by atoms with Gasteiger partial charge in [0.15, 0.2) is 0 Å². The van der Waals surface area contributed by atoms with E-state index in [0.29, 0.717) is 0 Å². The van der Waals surface area contributed by atoms with Crippen molar-refractivity contribution >= 4 is 104 Å². The average molecular weight is 763 g/mol. The Morgan fingerprint density at radius 2 is 1.24 bits per heavy atom. The number of aryl methyl sites for hydroxylation is 2. The fraction of sp³-hybridized carbons (Fsp3) is 0.185. The lowest BCUT2D eigenvalue weighted by atomic mass is 9.43. The summed E-state index contributed by atoms with van der Waals surface area (Å²) < 4.78 is 5.39. The highest BCUT2D eigenvalue weighted by Crippen LogP contribution is 2.54. The molecular formula is C54H43BN2S. The van der Waals surface area contributed by atoms with Crippen molar-refractivity contribution in [2.24, 2.45) is 0 Å². The quantitative estimate of drug-likeness (QED) is 0.151. The summed E-state index contributed by atoms with van der Waals surface area (Å²) in [5.41, 5.74) is 17.8. The van der Waals surface area contributed by atoms with E-state index in [-0.39, 0.29) is 17.7 Å². The van der Waals surface area contributed by atoms with E-state index in [4.69, 9.17) is 0 Å². The molecule has 2 aliphatic heterocycles. The SMILES string of the molecule is Cc1ccc(N2B3c4cc(C)ccc4-n4c5ccc6ccccc6c5c5c6ccccc6c(c3c54)-c3cc4c(cc32)sc2cc3c(cc24)C(C)(C)CCC3(C)C)cc1. The smallest absolute Gasteiger partial charge is 0.333 e. The topological polar surface area (TPSA) is 8.17 Å². The summed E-state index contributed by atoms with van der Waals surface area (Å²) in [4.78, 5) is 2.70. The van der Waals surface area contributed by atoms with Crippen molar-refractivity contribution in [1.29, 1.82) is 0 Å². The number of hydrogen-bond donors (Lipinski definition) is 0. The normalized spacial score (nSPS) is 16.2. The van der Waals surface area contributed by atoms with Crippen molar-refractivity contribution in [2.75, 3.05) is 4.81 Å². The maximum absolute atomic E-state index is 2.70. The van der Waals surface area contributed by atoms with Gasteiger partial charge < -0.3 is 9.38 Å². The zero-order chi connectivity index (χ0) is 39.0. The minimum absolute atomic E-state index is 0.0176. The Morgan fingerprint density at radius 1 is 0.569 bits per heavy atom. The van der Waals surface area contributed by atoms with Crippen molar-refractivity contribution in [3.05, 3.63) is 150 Å². The summed E-state index contributed by atoms with van der Waals surface area (Å²) in [7, 11) is 0. The van der Waals surface area contributed by atoms with Crippen molar-refractivity contribution < 1.29 is 0 Å². The van der Waals surface area contributed by atoms with E-state index < -0.39 is 0 Å². The summed E-state index contributed by atoms with van der Waals surface area (Å²) in [6, 6.07) is 49.7. The van der Waals surface area contributed by atoms with E-state index in [1.807, 2.05) is 11.3 Å². The molecule has 278 valence electrons. The van der Waals surface area contributed by atoms with Gasteiger partial charge in [0, 0.05) is 53.6 Å². The lowest BCUT2D eigenvalue weighted by molar-refractivity contribution is 0.332. The summed E-state index contributed by atoms with van der Waals surface area (Å²) in [6.45, 7) is 14.2. The Kier molecular flexibility index (Phi) is 6.29. The molecule has 0 amide bonds. The van der Waals surface area contributed by atoms with E-state index in [2.05, 4.69) is 178 Å². The minimum Gasteiger partial charge on any atom is -0.376 e. The molecule has 0 radical (unpaired) electrons. The predicted molar refractivity (Wildman–Crippen MR) is 252 cm³/mol. The zero-order valence-corrected chi connectivity index (χ0v) is 34.7. The summed E-state index contributed by atoms with van der Waals surface area (Å²) in [6.07, 6.45) is 2.43. The van der Waals surface area contributed by atoms with Gasteiger partial charge in [-0.05, 0) is 135 Å². The highest BCUT2D eigenvalue weighted by Gasteiger charge is 2.45. The highest BCUT2D eigenvalue weighted by atomic mass is 32.1. The molecule has 0 N–H and O–H groups in total. The van der Waals surface area contributed by atoms with Crippen molar-refractivity contribution in [3.8, 4) is 16.8 Å². The third kappa shape index (κ3) is 4.14. The van der Waals surface area contributed by atoms with Crippen LogP contribution in [0.15, 0.2) is 127 Å². The summed E-state index contributed by atoms with van der Waals surface area (Å²) >= 11 is 1.98. The van der Waals surface area contributed by atoms with Gasteiger partial charge >= 0.3 is 6.85 Å². The number of hydrogen-bond acceptors (Lipinski definition) is 2. The average Bonchev–Trinajstić information content (AvgIpc) is 3.77. The number of rotatable bonds is 1. The molecule has 0 fully saturated rings.